The van der Waals surface area contributed by atoms with Gasteiger partial charge in [0, 0.05) is 18.2 Å². The molecule has 4 nitrogen and oxygen atoms in total. The van der Waals surface area contributed by atoms with Crippen LogP contribution in [0, 0.1) is 0 Å². The summed E-state index contributed by atoms with van der Waals surface area (Å²) < 4.78 is 5.74. The number of ether oxygens (including phenoxy) is 1. The number of rotatable bonds is 9. The summed E-state index contributed by atoms with van der Waals surface area (Å²) in [7, 11) is 6.38. The largest absolute Gasteiger partial charge is 0.494 e. The zero-order valence-corrected chi connectivity index (χ0v) is 14.2. The van der Waals surface area contributed by atoms with Crippen molar-refractivity contribution in [3.8, 4) is 5.75 Å². The van der Waals surface area contributed by atoms with E-state index in [1.165, 1.54) is 12.0 Å². The first-order valence-electron chi connectivity index (χ1n) is 7.78. The van der Waals surface area contributed by atoms with E-state index in [1.807, 2.05) is 19.9 Å². The Hall–Kier alpha value is -1.10. The van der Waals surface area contributed by atoms with Gasteiger partial charge < -0.3 is 20.3 Å². The summed E-state index contributed by atoms with van der Waals surface area (Å²) in [5.74, 6) is 0.973. The molecule has 0 aromatic heterocycles. The molecule has 21 heavy (non-hydrogen) atoms. The Morgan fingerprint density at radius 2 is 1.90 bits per heavy atom. The molecular weight excluding hydrogens is 262 g/mol. The van der Waals surface area contributed by atoms with E-state index >= 15 is 0 Å². The maximum absolute atomic E-state index is 5.99. The molecule has 120 valence electrons. The van der Waals surface area contributed by atoms with Crippen LogP contribution in [0.15, 0.2) is 18.2 Å². The third kappa shape index (κ3) is 6.46. The van der Waals surface area contributed by atoms with Crippen LogP contribution in [0.5, 0.6) is 5.75 Å². The molecule has 0 amide bonds. The van der Waals surface area contributed by atoms with Gasteiger partial charge in [0.2, 0.25) is 0 Å². The highest BCUT2D eigenvalue weighted by Crippen LogP contribution is 2.24. The van der Waals surface area contributed by atoms with Crippen LogP contribution >= 0.6 is 0 Å². The van der Waals surface area contributed by atoms with Crippen LogP contribution < -0.4 is 10.5 Å². The van der Waals surface area contributed by atoms with Crippen LogP contribution in [-0.4, -0.2) is 50.6 Å². The lowest BCUT2D eigenvalue weighted by Gasteiger charge is -2.21. The molecule has 0 aliphatic carbocycles. The van der Waals surface area contributed by atoms with E-state index in [9.17, 15) is 0 Å². The Bertz CT molecular complexity index is 418. The molecule has 0 saturated carbocycles. The van der Waals surface area contributed by atoms with Gasteiger partial charge in [0.25, 0.3) is 0 Å². The molecule has 0 bridgehead atoms. The van der Waals surface area contributed by atoms with E-state index in [1.54, 1.807) is 0 Å². The van der Waals surface area contributed by atoms with Gasteiger partial charge in [-0.05, 0) is 72.2 Å². The molecule has 1 rings (SSSR count). The SMILES string of the molecule is CCOc1ccc(C(C)N)cc1CN(C)CCCN(C)C. The van der Waals surface area contributed by atoms with E-state index in [0.717, 1.165) is 30.9 Å². The average molecular weight is 293 g/mol. The first-order chi connectivity index (χ1) is 9.93. The van der Waals surface area contributed by atoms with Crippen molar-refractivity contribution in [2.24, 2.45) is 5.73 Å². The lowest BCUT2D eigenvalue weighted by molar-refractivity contribution is 0.283. The number of benzene rings is 1. The van der Waals surface area contributed by atoms with E-state index in [0.29, 0.717) is 6.61 Å². The quantitative estimate of drug-likeness (QED) is 0.759. The molecule has 0 aliphatic heterocycles. The van der Waals surface area contributed by atoms with Crippen molar-refractivity contribution in [2.45, 2.75) is 32.9 Å². The van der Waals surface area contributed by atoms with Crippen molar-refractivity contribution in [3.63, 3.8) is 0 Å². The van der Waals surface area contributed by atoms with Crippen molar-refractivity contribution in [2.75, 3.05) is 40.8 Å². The summed E-state index contributed by atoms with van der Waals surface area (Å²) in [6.07, 6.45) is 1.17. The van der Waals surface area contributed by atoms with Crippen LogP contribution in [0.2, 0.25) is 0 Å². The fourth-order valence-electron chi connectivity index (χ4n) is 2.33. The van der Waals surface area contributed by atoms with Gasteiger partial charge >= 0.3 is 0 Å². The highest BCUT2D eigenvalue weighted by molar-refractivity contribution is 5.38. The van der Waals surface area contributed by atoms with Crippen molar-refractivity contribution in [3.05, 3.63) is 29.3 Å². The summed E-state index contributed by atoms with van der Waals surface area (Å²) in [4.78, 5) is 4.56. The van der Waals surface area contributed by atoms with E-state index in [-0.39, 0.29) is 6.04 Å². The minimum absolute atomic E-state index is 0.0541. The Labute approximate surface area is 129 Å². The molecule has 0 heterocycles. The molecule has 0 radical (unpaired) electrons. The smallest absolute Gasteiger partial charge is 0.123 e. The second-order valence-corrected chi connectivity index (χ2v) is 5.98. The molecule has 0 spiro atoms. The topological polar surface area (TPSA) is 41.7 Å². The van der Waals surface area contributed by atoms with Crippen molar-refractivity contribution >= 4 is 0 Å². The second-order valence-electron chi connectivity index (χ2n) is 5.98. The molecule has 0 saturated heterocycles. The molecule has 2 N–H and O–H groups in total. The molecule has 1 aromatic carbocycles. The van der Waals surface area contributed by atoms with Crippen LogP contribution in [0.1, 0.15) is 37.4 Å². The number of nitrogens with zero attached hydrogens (tertiary/aromatic N) is 2. The lowest BCUT2D eigenvalue weighted by Crippen LogP contribution is -2.23. The zero-order valence-electron chi connectivity index (χ0n) is 14.2. The Kier molecular flexibility index (Phi) is 7.72. The van der Waals surface area contributed by atoms with Gasteiger partial charge in [0.15, 0.2) is 0 Å². The van der Waals surface area contributed by atoms with Crippen molar-refractivity contribution in [1.29, 1.82) is 0 Å². The Morgan fingerprint density at radius 1 is 1.19 bits per heavy atom. The number of nitrogens with two attached hydrogens (primary N) is 1. The predicted octanol–water partition coefficient (Wildman–Crippen LogP) is 2.49. The van der Waals surface area contributed by atoms with Gasteiger partial charge in [-0.2, -0.15) is 0 Å². The van der Waals surface area contributed by atoms with Crippen molar-refractivity contribution < 1.29 is 4.74 Å². The first kappa shape index (κ1) is 18.0. The predicted molar refractivity (Wildman–Crippen MR) is 89.7 cm³/mol. The van der Waals surface area contributed by atoms with E-state index in [2.05, 4.69) is 43.1 Å². The summed E-state index contributed by atoms with van der Waals surface area (Å²) in [5, 5.41) is 0. The Balaban J connectivity index is 2.71. The maximum atomic E-state index is 5.99. The minimum Gasteiger partial charge on any atom is -0.494 e. The highest BCUT2D eigenvalue weighted by Gasteiger charge is 2.10. The Morgan fingerprint density at radius 3 is 2.48 bits per heavy atom. The summed E-state index contributed by atoms with van der Waals surface area (Å²) in [6.45, 7) is 7.80. The molecule has 1 unspecified atom stereocenters. The van der Waals surface area contributed by atoms with Crippen LogP contribution in [-0.2, 0) is 6.54 Å². The van der Waals surface area contributed by atoms with Gasteiger partial charge in [0.1, 0.15) is 5.75 Å². The first-order valence-corrected chi connectivity index (χ1v) is 7.78. The monoisotopic (exact) mass is 293 g/mol. The van der Waals surface area contributed by atoms with Gasteiger partial charge in [0.05, 0.1) is 6.61 Å². The van der Waals surface area contributed by atoms with Crippen LogP contribution in [0.4, 0.5) is 0 Å². The molecule has 0 fully saturated rings. The molecule has 0 aliphatic rings. The normalized spacial score (nSPS) is 13.0. The van der Waals surface area contributed by atoms with Gasteiger partial charge in [-0.3, -0.25) is 0 Å². The third-order valence-corrected chi connectivity index (χ3v) is 3.50. The fourth-order valence-corrected chi connectivity index (χ4v) is 2.33. The van der Waals surface area contributed by atoms with E-state index in [4.69, 9.17) is 10.5 Å². The van der Waals surface area contributed by atoms with Gasteiger partial charge in [-0.25, -0.2) is 0 Å². The van der Waals surface area contributed by atoms with Crippen LogP contribution in [0.3, 0.4) is 0 Å². The molecular formula is C17H31N3O. The minimum atomic E-state index is 0.0541. The molecule has 1 atom stereocenters. The van der Waals surface area contributed by atoms with Crippen LogP contribution in [0.25, 0.3) is 0 Å². The number of hydrogen-bond acceptors (Lipinski definition) is 4. The summed E-state index contributed by atoms with van der Waals surface area (Å²) >= 11 is 0. The average Bonchev–Trinajstić information content (AvgIpc) is 2.40. The van der Waals surface area contributed by atoms with E-state index < -0.39 is 0 Å². The highest BCUT2D eigenvalue weighted by atomic mass is 16.5. The number of hydrogen-bond donors (Lipinski definition) is 1. The van der Waals surface area contributed by atoms with Gasteiger partial charge in [-0.1, -0.05) is 6.07 Å². The van der Waals surface area contributed by atoms with Crippen molar-refractivity contribution in [1.82, 2.24) is 9.80 Å². The summed E-state index contributed by atoms with van der Waals surface area (Å²) in [6, 6.07) is 6.34. The summed E-state index contributed by atoms with van der Waals surface area (Å²) in [5.41, 5.74) is 8.37. The van der Waals surface area contributed by atoms with Gasteiger partial charge in [-0.15, -0.1) is 0 Å². The standard InChI is InChI=1S/C17H31N3O/c1-6-21-17-9-8-15(14(2)18)12-16(17)13-20(5)11-7-10-19(3)4/h8-9,12,14H,6-7,10-11,13,18H2,1-5H3. The zero-order chi connectivity index (χ0) is 15.8. The lowest BCUT2D eigenvalue weighted by atomic mass is 10.0. The molecule has 4 heteroatoms. The molecule has 1 aromatic rings. The third-order valence-electron chi connectivity index (χ3n) is 3.50. The maximum Gasteiger partial charge on any atom is 0.123 e. The fraction of sp³-hybridized carbons (Fsp3) is 0.647. The second kappa shape index (κ2) is 9.03.